The van der Waals surface area contributed by atoms with Gasteiger partial charge in [0, 0.05) is 5.69 Å². The molecule has 1 rings (SSSR count). The molecule has 0 saturated carbocycles. The molecule has 0 aliphatic heterocycles. The van der Waals surface area contributed by atoms with Crippen molar-refractivity contribution in [1.29, 1.82) is 0 Å². The first-order valence-corrected chi connectivity index (χ1v) is 3.97. The van der Waals surface area contributed by atoms with Crippen LogP contribution >= 0.6 is 0 Å². The first kappa shape index (κ1) is 8.77. The van der Waals surface area contributed by atoms with Crippen molar-refractivity contribution < 1.29 is 9.90 Å². The molecule has 1 aromatic rings. The fourth-order valence-corrected chi connectivity index (χ4v) is 1.09. The first-order chi connectivity index (χ1) is 5.74. The maximum absolute atomic E-state index is 10.3. The second kappa shape index (κ2) is 3.90. The topological polar surface area (TPSA) is 66.0 Å². The molecule has 0 saturated heterocycles. The third kappa shape index (κ3) is 2.08. The van der Waals surface area contributed by atoms with Crippen LogP contribution in [0.5, 0.6) is 0 Å². The minimum absolute atomic E-state index is 0.162. The Morgan fingerprint density at radius 1 is 1.75 bits per heavy atom. The van der Waals surface area contributed by atoms with E-state index in [4.69, 9.17) is 5.11 Å². The van der Waals surface area contributed by atoms with Crippen molar-refractivity contribution in [2.24, 2.45) is 0 Å². The van der Waals surface area contributed by atoms with E-state index in [0.29, 0.717) is 6.42 Å². The van der Waals surface area contributed by atoms with Crippen LogP contribution in [0.1, 0.15) is 24.6 Å². The van der Waals surface area contributed by atoms with E-state index in [1.807, 2.05) is 6.92 Å². The van der Waals surface area contributed by atoms with Gasteiger partial charge in [0.1, 0.15) is 0 Å². The van der Waals surface area contributed by atoms with E-state index in [2.05, 4.69) is 10.2 Å². The Morgan fingerprint density at radius 3 is 3.08 bits per heavy atom. The summed E-state index contributed by atoms with van der Waals surface area (Å²) < 4.78 is 0. The van der Waals surface area contributed by atoms with Gasteiger partial charge in [-0.2, -0.15) is 5.10 Å². The van der Waals surface area contributed by atoms with Gasteiger partial charge in [0.05, 0.1) is 12.6 Å². The fraction of sp³-hybridized carbons (Fsp3) is 0.500. The molecular formula is C8H12N2O2. The molecule has 0 fully saturated rings. The summed E-state index contributed by atoms with van der Waals surface area (Å²) in [5.41, 5.74) is 2.05. The van der Waals surface area contributed by atoms with Crippen molar-refractivity contribution in [3.05, 3.63) is 17.5 Å². The summed E-state index contributed by atoms with van der Waals surface area (Å²) >= 11 is 0. The number of aromatic amines is 1. The Kier molecular flexibility index (Phi) is 2.85. The molecule has 0 unspecified atom stereocenters. The summed E-state index contributed by atoms with van der Waals surface area (Å²) in [7, 11) is 0. The van der Waals surface area contributed by atoms with Gasteiger partial charge in [0.15, 0.2) is 0 Å². The third-order valence-corrected chi connectivity index (χ3v) is 1.78. The zero-order valence-electron chi connectivity index (χ0n) is 7.00. The number of carboxylic acid groups (broad SMARTS) is 1. The number of nitrogens with one attached hydrogen (secondary N) is 1. The zero-order valence-corrected chi connectivity index (χ0v) is 7.00. The van der Waals surface area contributed by atoms with E-state index in [-0.39, 0.29) is 6.42 Å². The highest BCUT2D eigenvalue weighted by molar-refractivity contribution is 5.67. The van der Waals surface area contributed by atoms with Crippen molar-refractivity contribution in [1.82, 2.24) is 10.2 Å². The quantitative estimate of drug-likeness (QED) is 0.704. The van der Waals surface area contributed by atoms with Gasteiger partial charge in [0.25, 0.3) is 0 Å². The SMILES string of the molecule is CCc1cn[nH]c1CCC(=O)O. The zero-order chi connectivity index (χ0) is 8.97. The Bertz CT molecular complexity index is 268. The van der Waals surface area contributed by atoms with Gasteiger partial charge < -0.3 is 5.11 Å². The standard InChI is InChI=1S/C8H12N2O2/c1-2-6-5-9-10-7(6)3-4-8(11)12/h5H,2-4H2,1H3,(H,9,10)(H,11,12). The number of carboxylic acids is 1. The van der Waals surface area contributed by atoms with Gasteiger partial charge in [-0.3, -0.25) is 9.89 Å². The largest absolute Gasteiger partial charge is 0.481 e. The Hall–Kier alpha value is -1.32. The van der Waals surface area contributed by atoms with Gasteiger partial charge >= 0.3 is 5.97 Å². The lowest BCUT2D eigenvalue weighted by atomic mass is 10.1. The summed E-state index contributed by atoms with van der Waals surface area (Å²) in [6.45, 7) is 2.02. The van der Waals surface area contributed by atoms with Crippen LogP contribution in [0.25, 0.3) is 0 Å². The van der Waals surface area contributed by atoms with Gasteiger partial charge in [-0.05, 0) is 18.4 Å². The predicted molar refractivity (Wildman–Crippen MR) is 43.9 cm³/mol. The summed E-state index contributed by atoms with van der Waals surface area (Å²) in [5, 5.41) is 15.1. The van der Waals surface area contributed by atoms with Crippen LogP contribution in [0.3, 0.4) is 0 Å². The molecule has 2 N–H and O–H groups in total. The van der Waals surface area contributed by atoms with Crippen molar-refractivity contribution in [2.45, 2.75) is 26.2 Å². The molecule has 4 nitrogen and oxygen atoms in total. The van der Waals surface area contributed by atoms with Crippen LogP contribution in [0.4, 0.5) is 0 Å². The second-order valence-electron chi connectivity index (χ2n) is 2.62. The van der Waals surface area contributed by atoms with E-state index in [9.17, 15) is 4.79 Å². The normalized spacial score (nSPS) is 10.1. The van der Waals surface area contributed by atoms with Gasteiger partial charge in [-0.1, -0.05) is 6.92 Å². The Balaban J connectivity index is 2.56. The number of carbonyl (C=O) groups is 1. The number of aryl methyl sites for hydroxylation is 2. The van der Waals surface area contributed by atoms with Crippen molar-refractivity contribution in [2.75, 3.05) is 0 Å². The van der Waals surface area contributed by atoms with E-state index in [0.717, 1.165) is 17.7 Å². The molecule has 0 bridgehead atoms. The van der Waals surface area contributed by atoms with Crippen LogP contribution in [0.2, 0.25) is 0 Å². The third-order valence-electron chi connectivity index (χ3n) is 1.78. The number of hydrogen-bond donors (Lipinski definition) is 2. The summed E-state index contributed by atoms with van der Waals surface area (Å²) in [6.07, 6.45) is 3.34. The minimum atomic E-state index is -0.772. The molecule has 0 amide bonds. The highest BCUT2D eigenvalue weighted by Gasteiger charge is 2.04. The van der Waals surface area contributed by atoms with E-state index < -0.39 is 5.97 Å². The molecule has 1 aromatic heterocycles. The summed E-state index contributed by atoms with van der Waals surface area (Å²) in [5.74, 6) is -0.772. The lowest BCUT2D eigenvalue weighted by Crippen LogP contribution is -1.99. The molecule has 4 heteroatoms. The van der Waals surface area contributed by atoms with Crippen molar-refractivity contribution in [3.63, 3.8) is 0 Å². The van der Waals surface area contributed by atoms with Crippen LogP contribution < -0.4 is 0 Å². The monoisotopic (exact) mass is 168 g/mol. The molecule has 0 spiro atoms. The molecule has 66 valence electrons. The average molecular weight is 168 g/mol. The molecular weight excluding hydrogens is 156 g/mol. The highest BCUT2D eigenvalue weighted by Crippen LogP contribution is 2.07. The van der Waals surface area contributed by atoms with Crippen molar-refractivity contribution in [3.8, 4) is 0 Å². The minimum Gasteiger partial charge on any atom is -0.481 e. The van der Waals surface area contributed by atoms with E-state index in [1.54, 1.807) is 6.20 Å². The number of nitrogens with zero attached hydrogens (tertiary/aromatic N) is 1. The molecule has 0 aromatic carbocycles. The van der Waals surface area contributed by atoms with E-state index >= 15 is 0 Å². The number of rotatable bonds is 4. The summed E-state index contributed by atoms with van der Waals surface area (Å²) in [6, 6.07) is 0. The lowest BCUT2D eigenvalue weighted by Gasteiger charge is -1.96. The van der Waals surface area contributed by atoms with Crippen molar-refractivity contribution >= 4 is 5.97 Å². The second-order valence-corrected chi connectivity index (χ2v) is 2.62. The molecule has 1 heterocycles. The van der Waals surface area contributed by atoms with Crippen LogP contribution in [0, 0.1) is 0 Å². The number of aliphatic carboxylic acids is 1. The first-order valence-electron chi connectivity index (χ1n) is 3.97. The van der Waals surface area contributed by atoms with E-state index in [1.165, 1.54) is 0 Å². The maximum atomic E-state index is 10.3. The Labute approximate surface area is 70.6 Å². The molecule has 0 aliphatic rings. The van der Waals surface area contributed by atoms with Gasteiger partial charge in [-0.15, -0.1) is 0 Å². The highest BCUT2D eigenvalue weighted by atomic mass is 16.4. The van der Waals surface area contributed by atoms with Gasteiger partial charge in [-0.25, -0.2) is 0 Å². The van der Waals surface area contributed by atoms with Gasteiger partial charge in [0.2, 0.25) is 0 Å². The van der Waals surface area contributed by atoms with Crippen LogP contribution in [-0.2, 0) is 17.6 Å². The predicted octanol–water partition coefficient (Wildman–Crippen LogP) is 0.989. The Morgan fingerprint density at radius 2 is 2.50 bits per heavy atom. The van der Waals surface area contributed by atoms with Crippen LogP contribution in [-0.4, -0.2) is 21.3 Å². The maximum Gasteiger partial charge on any atom is 0.303 e. The summed E-state index contributed by atoms with van der Waals surface area (Å²) in [4.78, 5) is 10.3. The lowest BCUT2D eigenvalue weighted by molar-refractivity contribution is -0.136. The molecule has 0 aliphatic carbocycles. The molecule has 0 atom stereocenters. The van der Waals surface area contributed by atoms with Crippen LogP contribution in [0.15, 0.2) is 6.20 Å². The average Bonchev–Trinajstić information content (AvgIpc) is 2.47. The number of aromatic nitrogens is 2. The molecule has 12 heavy (non-hydrogen) atoms. The number of hydrogen-bond acceptors (Lipinski definition) is 2. The number of H-pyrrole nitrogens is 1. The molecule has 0 radical (unpaired) electrons. The smallest absolute Gasteiger partial charge is 0.303 e. The fourth-order valence-electron chi connectivity index (χ4n) is 1.09.